The minimum absolute atomic E-state index is 0.0231. The summed E-state index contributed by atoms with van der Waals surface area (Å²) >= 11 is 0. The number of benzene rings is 1. The van der Waals surface area contributed by atoms with E-state index in [0.717, 1.165) is 31.4 Å². The van der Waals surface area contributed by atoms with E-state index in [2.05, 4.69) is 5.32 Å². The van der Waals surface area contributed by atoms with E-state index in [1.807, 2.05) is 44.2 Å². The van der Waals surface area contributed by atoms with Crippen molar-refractivity contribution >= 4 is 41.8 Å². The SMILES string of the molecule is CC[C@H](C)[C@H](N)C(=O)O.C[C@H](N)C(=O)O.C[C@H](N)C(=O)O.N[C@@H](CCC(=O)O)C(=O)O.N[C@@H](Cc1ccccc1)C(=O)O.O=C(O)[C@@H]1CCCN1. The fourth-order valence-electron chi connectivity index (χ4n) is 2.75. The van der Waals surface area contributed by atoms with Crippen LogP contribution in [0.3, 0.4) is 0 Å². The lowest BCUT2D eigenvalue weighted by Gasteiger charge is -2.11. The van der Waals surface area contributed by atoms with Crippen LogP contribution in [0.15, 0.2) is 30.3 Å². The van der Waals surface area contributed by atoms with Crippen LogP contribution in [0, 0.1) is 5.92 Å². The minimum Gasteiger partial charge on any atom is -0.481 e. The molecule has 0 aliphatic carbocycles. The summed E-state index contributed by atoms with van der Waals surface area (Å²) in [6.45, 7) is 7.45. The lowest BCUT2D eigenvalue weighted by atomic mass is 10.0. The molecule has 20 heteroatoms. The van der Waals surface area contributed by atoms with Crippen molar-refractivity contribution in [2.75, 3.05) is 6.54 Å². The van der Waals surface area contributed by atoms with Crippen LogP contribution in [0.4, 0.5) is 0 Å². The van der Waals surface area contributed by atoms with Crippen LogP contribution in [0.25, 0.3) is 0 Å². The number of nitrogens with two attached hydrogens (primary N) is 5. The maximum absolute atomic E-state index is 10.4. The predicted octanol–water partition coefficient (Wildman–Crippen LogP) is -0.992. The molecule has 1 aromatic rings. The van der Waals surface area contributed by atoms with E-state index < -0.39 is 72.0 Å². The summed E-state index contributed by atoms with van der Waals surface area (Å²) in [6, 6.07) is 5.05. The molecule has 7 atom stereocenters. The van der Waals surface area contributed by atoms with E-state index in [1.165, 1.54) is 13.8 Å². The van der Waals surface area contributed by atoms with Gasteiger partial charge in [-0.2, -0.15) is 0 Å². The molecule has 1 fully saturated rings. The van der Waals surface area contributed by atoms with Crippen LogP contribution >= 0.6 is 0 Å². The maximum Gasteiger partial charge on any atom is 0.320 e. The zero-order valence-electron chi connectivity index (χ0n) is 29.3. The third kappa shape index (κ3) is 34.9. The number of hydrogen-bond acceptors (Lipinski definition) is 13. The van der Waals surface area contributed by atoms with Crippen LogP contribution in [0.5, 0.6) is 0 Å². The number of carbonyl (C=O) groups is 7. The average molecular weight is 737 g/mol. The fraction of sp³-hybridized carbons (Fsp3) is 0.581. The Morgan fingerprint density at radius 3 is 1.37 bits per heavy atom. The Balaban J connectivity index is -0.000000265. The van der Waals surface area contributed by atoms with Gasteiger partial charge in [0.15, 0.2) is 0 Å². The fourth-order valence-corrected chi connectivity index (χ4v) is 2.75. The first-order chi connectivity index (χ1) is 23.4. The van der Waals surface area contributed by atoms with E-state index in [-0.39, 0.29) is 24.8 Å². The highest BCUT2D eigenvalue weighted by Crippen LogP contribution is 2.05. The number of rotatable bonds is 13. The van der Waals surface area contributed by atoms with Crippen molar-refractivity contribution in [2.45, 2.75) is 102 Å². The van der Waals surface area contributed by atoms with Gasteiger partial charge >= 0.3 is 41.8 Å². The highest BCUT2D eigenvalue weighted by atomic mass is 16.4. The van der Waals surface area contributed by atoms with Gasteiger partial charge in [0.2, 0.25) is 0 Å². The lowest BCUT2D eigenvalue weighted by molar-refractivity contribution is -0.141. The minimum atomic E-state index is -1.17. The molecule has 0 radical (unpaired) electrons. The van der Waals surface area contributed by atoms with Crippen LogP contribution < -0.4 is 34.0 Å². The molecule has 18 N–H and O–H groups in total. The van der Waals surface area contributed by atoms with Gasteiger partial charge < -0.3 is 69.7 Å². The summed E-state index contributed by atoms with van der Waals surface area (Å²) in [5.74, 6) is -6.64. The number of nitrogens with one attached hydrogen (secondary N) is 1. The van der Waals surface area contributed by atoms with Crippen LogP contribution in [-0.4, -0.2) is 120 Å². The second-order valence-electron chi connectivity index (χ2n) is 11.0. The summed E-state index contributed by atoms with van der Waals surface area (Å²) < 4.78 is 0. The number of carboxylic acid groups (broad SMARTS) is 7. The van der Waals surface area contributed by atoms with Crippen molar-refractivity contribution in [3.05, 3.63) is 35.9 Å². The topological polar surface area (TPSA) is 403 Å². The number of carboxylic acids is 7. The third-order valence-electron chi connectivity index (χ3n) is 6.28. The van der Waals surface area contributed by atoms with Crippen LogP contribution in [0.1, 0.15) is 65.4 Å². The molecular weight excluding hydrogens is 680 g/mol. The second kappa shape index (κ2) is 31.3. The molecule has 0 unspecified atom stereocenters. The Kier molecular flexibility index (Phi) is 32.5. The molecule has 0 saturated carbocycles. The normalized spacial score (nSPS) is 16.0. The van der Waals surface area contributed by atoms with Crippen molar-refractivity contribution in [1.82, 2.24) is 5.32 Å². The van der Waals surface area contributed by atoms with Gasteiger partial charge in [0.05, 0.1) is 0 Å². The van der Waals surface area contributed by atoms with Crippen molar-refractivity contribution in [1.29, 1.82) is 0 Å². The van der Waals surface area contributed by atoms with Gasteiger partial charge in [-0.15, -0.1) is 0 Å². The summed E-state index contributed by atoms with van der Waals surface area (Å²) in [4.78, 5) is 69.7. The highest BCUT2D eigenvalue weighted by Gasteiger charge is 2.20. The third-order valence-corrected chi connectivity index (χ3v) is 6.28. The van der Waals surface area contributed by atoms with Crippen molar-refractivity contribution in [3.63, 3.8) is 0 Å². The molecule has 1 aliphatic rings. The van der Waals surface area contributed by atoms with Crippen molar-refractivity contribution in [2.24, 2.45) is 34.6 Å². The van der Waals surface area contributed by atoms with Crippen molar-refractivity contribution < 1.29 is 69.3 Å². The lowest BCUT2D eigenvalue weighted by Crippen LogP contribution is -2.36. The van der Waals surface area contributed by atoms with Gasteiger partial charge in [-0.25, -0.2) is 0 Å². The summed E-state index contributed by atoms with van der Waals surface area (Å²) in [5, 5.41) is 60.1. The zero-order chi connectivity index (χ0) is 40.9. The van der Waals surface area contributed by atoms with E-state index in [9.17, 15) is 33.6 Å². The molecule has 294 valence electrons. The van der Waals surface area contributed by atoms with Gasteiger partial charge in [0, 0.05) is 6.42 Å². The van der Waals surface area contributed by atoms with Gasteiger partial charge in [0.25, 0.3) is 0 Å². The van der Waals surface area contributed by atoms with E-state index in [1.54, 1.807) is 0 Å². The standard InChI is InChI=1S/C9H11NO2.C6H13NO2.C5H9NO4.C5H9NO2.2C3H7NO2/c10-8(9(11)12)6-7-4-2-1-3-5-7;1-3-4(2)5(7)6(8)9;6-3(5(9)10)1-2-4(7)8;7-5(8)4-2-1-3-6-4;2*1-2(4)3(5)6/h1-5,8H,6,10H2,(H,11,12);4-5H,3,7H2,1-2H3,(H,8,9);3H,1-2,6H2,(H,7,8)(H,9,10);4,6H,1-3H2,(H,7,8);2*2H,4H2,1H3,(H,5,6)/t8-;4-,5-;3-;4-;2*2-/m000000/s1. The first-order valence-electron chi connectivity index (χ1n) is 15.6. The molecule has 0 bridgehead atoms. The van der Waals surface area contributed by atoms with Crippen LogP contribution in [0.2, 0.25) is 0 Å². The molecular formula is C31H56N6O14. The van der Waals surface area contributed by atoms with Gasteiger partial charge in [-0.3, -0.25) is 33.6 Å². The van der Waals surface area contributed by atoms with Gasteiger partial charge in [-0.05, 0) is 57.6 Å². The van der Waals surface area contributed by atoms with Gasteiger partial charge in [-0.1, -0.05) is 50.6 Å². The largest absolute Gasteiger partial charge is 0.481 e. The molecule has 1 aliphatic heterocycles. The molecule has 0 aromatic heterocycles. The molecule has 1 aromatic carbocycles. The molecule has 0 spiro atoms. The quantitative estimate of drug-likeness (QED) is 0.115. The van der Waals surface area contributed by atoms with E-state index >= 15 is 0 Å². The Hall–Kier alpha value is -4.73. The Labute approximate surface area is 296 Å². The molecule has 51 heavy (non-hydrogen) atoms. The monoisotopic (exact) mass is 736 g/mol. The molecule has 20 nitrogen and oxygen atoms in total. The Morgan fingerprint density at radius 1 is 0.706 bits per heavy atom. The smallest absolute Gasteiger partial charge is 0.320 e. The number of hydrogen-bond donors (Lipinski definition) is 13. The first kappa shape index (κ1) is 53.1. The van der Waals surface area contributed by atoms with Gasteiger partial charge in [0.1, 0.15) is 36.3 Å². The Morgan fingerprint density at radius 2 is 1.14 bits per heavy atom. The molecule has 1 saturated heterocycles. The molecule has 2 rings (SSSR count). The Bertz CT molecular complexity index is 1150. The zero-order valence-corrected chi connectivity index (χ0v) is 29.3. The maximum atomic E-state index is 10.4. The summed E-state index contributed by atoms with van der Waals surface area (Å²) in [7, 11) is 0. The highest BCUT2D eigenvalue weighted by molar-refractivity contribution is 5.75. The molecule has 1 heterocycles. The van der Waals surface area contributed by atoms with Crippen LogP contribution in [-0.2, 0) is 40.0 Å². The second-order valence-corrected chi connectivity index (χ2v) is 11.0. The summed E-state index contributed by atoms with van der Waals surface area (Å²) in [6.07, 6.45) is 2.76. The summed E-state index contributed by atoms with van der Waals surface area (Å²) in [5.41, 5.74) is 26.2. The van der Waals surface area contributed by atoms with E-state index in [0.29, 0.717) is 6.42 Å². The first-order valence-corrected chi connectivity index (χ1v) is 15.6. The number of aliphatic carboxylic acids is 7. The average Bonchev–Trinajstić information content (AvgIpc) is 3.60. The van der Waals surface area contributed by atoms with Crippen molar-refractivity contribution in [3.8, 4) is 0 Å². The predicted molar refractivity (Wildman–Crippen MR) is 185 cm³/mol. The molecule has 0 amide bonds. The van der Waals surface area contributed by atoms with E-state index in [4.69, 9.17) is 64.4 Å².